The Kier molecular flexibility index (Phi) is 10.8. The normalized spacial score (nSPS) is 23.8. The van der Waals surface area contributed by atoms with Gasteiger partial charge in [-0.3, -0.25) is 30.2 Å². The Morgan fingerprint density at radius 2 is 1.73 bits per heavy atom. The molecule has 4 heterocycles. The molecule has 244 valence electrons. The molecule has 45 heavy (non-hydrogen) atoms. The molecule has 2 unspecified atom stereocenters. The lowest BCUT2D eigenvalue weighted by atomic mass is 9.91. The molecular weight excluding hydrogens is 652 g/mol. The third-order valence-corrected chi connectivity index (χ3v) is 11.5. The predicted molar refractivity (Wildman–Crippen MR) is 181 cm³/mol. The van der Waals surface area contributed by atoms with Gasteiger partial charge in [-0.15, -0.1) is 0 Å². The molecule has 0 spiro atoms. The van der Waals surface area contributed by atoms with Crippen LogP contribution < -0.4 is 5.73 Å². The molecule has 0 saturated carbocycles. The summed E-state index contributed by atoms with van der Waals surface area (Å²) in [6, 6.07) is 9.55. The summed E-state index contributed by atoms with van der Waals surface area (Å²) in [6.07, 6.45) is 11.9. The van der Waals surface area contributed by atoms with Gasteiger partial charge in [0.2, 0.25) is 5.91 Å². The number of fused-ring (bicyclic) bond motifs is 2. The summed E-state index contributed by atoms with van der Waals surface area (Å²) in [5.41, 5.74) is 8.76. The number of hydrogen-bond donors (Lipinski definition) is 1. The first-order chi connectivity index (χ1) is 21.8. The molecule has 1 aliphatic carbocycles. The molecule has 3 fully saturated rings. The van der Waals surface area contributed by atoms with E-state index in [2.05, 4.69) is 61.5 Å². The maximum atomic E-state index is 13.6. The molecule has 0 radical (unpaired) electrons. The summed E-state index contributed by atoms with van der Waals surface area (Å²) in [7, 11) is 0. The van der Waals surface area contributed by atoms with E-state index >= 15 is 0 Å². The summed E-state index contributed by atoms with van der Waals surface area (Å²) in [4.78, 5) is 39.6. The lowest BCUT2D eigenvalue weighted by Crippen LogP contribution is -2.65. The fourth-order valence-electron chi connectivity index (χ4n) is 8.27. The van der Waals surface area contributed by atoms with Gasteiger partial charge >= 0.3 is 6.03 Å². The van der Waals surface area contributed by atoms with E-state index in [0.29, 0.717) is 30.3 Å². The van der Waals surface area contributed by atoms with Crippen LogP contribution >= 0.6 is 27.5 Å². The molecule has 2 atom stereocenters. The quantitative estimate of drug-likeness (QED) is 0.423. The number of aromatic nitrogens is 1. The van der Waals surface area contributed by atoms with Gasteiger partial charge in [-0.05, 0) is 102 Å². The molecule has 8 nitrogen and oxygen atoms in total. The van der Waals surface area contributed by atoms with Crippen molar-refractivity contribution in [2.75, 3.05) is 45.8 Å². The maximum Gasteiger partial charge on any atom is 0.414 e. The topological polar surface area (TPSA) is 87.6 Å². The minimum Gasteiger partial charge on any atom is -0.337 e. The number of benzene rings is 1. The van der Waals surface area contributed by atoms with Gasteiger partial charge in [-0.2, -0.15) is 0 Å². The van der Waals surface area contributed by atoms with Crippen molar-refractivity contribution in [1.82, 2.24) is 24.6 Å². The molecule has 3 aliphatic heterocycles. The number of carbonyl (C=O) groups excluding carboxylic acids is 2. The van der Waals surface area contributed by atoms with Gasteiger partial charge in [-0.1, -0.05) is 37.4 Å². The van der Waals surface area contributed by atoms with E-state index in [9.17, 15) is 9.59 Å². The zero-order valence-corrected chi connectivity index (χ0v) is 29.1. The maximum absolute atomic E-state index is 13.6. The molecule has 2 aromatic rings. The highest BCUT2D eigenvalue weighted by atomic mass is 79.9. The number of quaternary nitrogens is 1. The van der Waals surface area contributed by atoms with Crippen LogP contribution in [0.15, 0.2) is 34.9 Å². The van der Waals surface area contributed by atoms with E-state index in [4.69, 9.17) is 16.6 Å². The number of carbonyl (C=O) groups is 2. The summed E-state index contributed by atoms with van der Waals surface area (Å²) in [6.45, 7) is 8.52. The molecule has 6 rings (SSSR count). The monoisotopic (exact) mass is 699 g/mol. The average Bonchev–Trinajstić information content (AvgIpc) is 3.20. The van der Waals surface area contributed by atoms with Crippen LogP contribution in [0.4, 0.5) is 4.79 Å². The molecule has 3 N–H and O–H groups in total. The zero-order chi connectivity index (χ0) is 31.5. The smallest absolute Gasteiger partial charge is 0.337 e. The van der Waals surface area contributed by atoms with Crippen molar-refractivity contribution < 1.29 is 15.3 Å². The van der Waals surface area contributed by atoms with Crippen molar-refractivity contribution in [3.05, 3.63) is 62.3 Å². The third-order valence-electron chi connectivity index (χ3n) is 10.8. The van der Waals surface area contributed by atoms with Gasteiger partial charge in [0.15, 0.2) is 0 Å². The van der Waals surface area contributed by atoms with Crippen LogP contribution in [-0.2, 0) is 17.6 Å². The van der Waals surface area contributed by atoms with Crippen LogP contribution in [0, 0.1) is 5.92 Å². The number of amides is 3. The van der Waals surface area contributed by atoms with Crippen molar-refractivity contribution in [3.63, 3.8) is 0 Å². The van der Waals surface area contributed by atoms with Gasteiger partial charge in [0.1, 0.15) is 0 Å². The minimum absolute atomic E-state index is 0.0972. The molecule has 1 aromatic carbocycles. The Hall–Kier alpha value is -2.04. The summed E-state index contributed by atoms with van der Waals surface area (Å²) in [5.74, 6) is 0.683. The Morgan fingerprint density at radius 1 is 0.978 bits per heavy atom. The van der Waals surface area contributed by atoms with Crippen LogP contribution in [0.3, 0.4) is 0 Å². The van der Waals surface area contributed by atoms with E-state index in [-0.39, 0.29) is 12.1 Å². The number of nitrogens with zero attached hydrogens (tertiary/aromatic N) is 5. The number of urea groups is 1. The minimum atomic E-state index is -0.0972. The van der Waals surface area contributed by atoms with Crippen molar-refractivity contribution in [2.45, 2.75) is 89.3 Å². The van der Waals surface area contributed by atoms with Gasteiger partial charge in [0, 0.05) is 80.0 Å². The van der Waals surface area contributed by atoms with E-state index in [1.807, 2.05) is 17.2 Å². The molecule has 3 amide bonds. The SMILES string of the molecule is CCCCC1CN(C2CCN(C3c4ccc(Cl)cc4CCc4cc(Br)cnc43)CC2)CCN1C(=O)CC1CCN(C([NH3+])=O)CC1. The second-order valence-electron chi connectivity index (χ2n) is 13.6. The van der Waals surface area contributed by atoms with Crippen molar-refractivity contribution in [1.29, 1.82) is 0 Å². The number of rotatable bonds is 7. The van der Waals surface area contributed by atoms with Crippen molar-refractivity contribution >= 4 is 39.5 Å². The average molecular weight is 701 g/mol. The van der Waals surface area contributed by atoms with E-state index in [1.165, 1.54) is 22.4 Å². The first-order valence-electron chi connectivity index (χ1n) is 17.1. The van der Waals surface area contributed by atoms with Crippen molar-refractivity contribution in [2.24, 2.45) is 5.92 Å². The number of unbranched alkanes of at least 4 members (excludes halogenated alkanes) is 1. The highest BCUT2D eigenvalue weighted by Crippen LogP contribution is 2.39. The van der Waals surface area contributed by atoms with Crippen molar-refractivity contribution in [3.8, 4) is 0 Å². The lowest BCUT2D eigenvalue weighted by molar-refractivity contribution is -0.266. The van der Waals surface area contributed by atoms with Crippen LogP contribution in [0.1, 0.15) is 86.7 Å². The molecule has 1 aromatic heterocycles. The fourth-order valence-corrected chi connectivity index (χ4v) is 8.84. The predicted octanol–water partition coefficient (Wildman–Crippen LogP) is 5.32. The number of piperazine rings is 1. The highest BCUT2D eigenvalue weighted by Gasteiger charge is 2.38. The third kappa shape index (κ3) is 7.59. The molecule has 0 bridgehead atoms. The lowest BCUT2D eigenvalue weighted by Gasteiger charge is -2.48. The Labute approximate surface area is 281 Å². The number of pyridine rings is 1. The van der Waals surface area contributed by atoms with Gasteiger partial charge in [-0.25, -0.2) is 4.79 Å². The fraction of sp³-hybridized carbons (Fsp3) is 0.629. The molecule has 10 heteroatoms. The summed E-state index contributed by atoms with van der Waals surface area (Å²) in [5, 5.41) is 0.803. The highest BCUT2D eigenvalue weighted by molar-refractivity contribution is 9.10. The number of piperidine rings is 2. The Bertz CT molecular complexity index is 1310. The zero-order valence-electron chi connectivity index (χ0n) is 26.7. The first kappa shape index (κ1) is 32.9. The van der Waals surface area contributed by atoms with E-state index < -0.39 is 0 Å². The Balaban J connectivity index is 1.10. The second-order valence-corrected chi connectivity index (χ2v) is 15.0. The number of likely N-dealkylation sites (tertiary alicyclic amines) is 2. The standard InChI is InChI=1S/C35H48BrClN6O2/c1-2-3-4-30-23-42(17-18-43(30)32(44)19-24-9-13-41(14-10-24)35(38)45)29-11-15-40(16-12-29)34-31-8-7-28(37)21-25(31)5-6-26-20-27(36)22-39-33(26)34/h7-8,20-22,24,29-30,34H,2-6,9-19,23H2,1H3,(H2,38,45)/p+1. The van der Waals surface area contributed by atoms with Crippen LogP contribution in [0.25, 0.3) is 0 Å². The first-order valence-corrected chi connectivity index (χ1v) is 18.3. The Morgan fingerprint density at radius 3 is 2.47 bits per heavy atom. The summed E-state index contributed by atoms with van der Waals surface area (Å²) < 4.78 is 1.04. The van der Waals surface area contributed by atoms with Gasteiger partial charge in [0.05, 0.1) is 11.7 Å². The summed E-state index contributed by atoms with van der Waals surface area (Å²) >= 11 is 10.1. The van der Waals surface area contributed by atoms with Crippen LogP contribution in [-0.4, -0.2) is 94.4 Å². The number of hydrogen-bond acceptors (Lipinski definition) is 5. The number of halogens is 2. The van der Waals surface area contributed by atoms with Crippen LogP contribution in [0.2, 0.25) is 5.02 Å². The van der Waals surface area contributed by atoms with E-state index in [1.54, 1.807) is 0 Å². The van der Waals surface area contributed by atoms with Gasteiger partial charge < -0.3 is 4.90 Å². The van der Waals surface area contributed by atoms with E-state index in [0.717, 1.165) is 113 Å². The molecule has 4 aliphatic rings. The second kappa shape index (κ2) is 14.8. The van der Waals surface area contributed by atoms with Gasteiger partial charge in [0.25, 0.3) is 0 Å². The van der Waals surface area contributed by atoms with Crippen LogP contribution in [0.5, 0.6) is 0 Å². The number of aryl methyl sites for hydroxylation is 2. The molecule has 3 saturated heterocycles. The molecular formula is C35H49BrClN6O2+. The largest absolute Gasteiger partial charge is 0.414 e.